The maximum atomic E-state index is 11.8. The smallest absolute Gasteiger partial charge is 0.335 e. The average Bonchev–Trinajstić information content (AvgIpc) is 3.43. The van der Waals surface area contributed by atoms with E-state index >= 15 is 0 Å². The van der Waals surface area contributed by atoms with Crippen molar-refractivity contribution in [3.05, 3.63) is 78.1 Å². The lowest BCUT2D eigenvalue weighted by atomic mass is 9.92. The molecule has 0 aliphatic heterocycles. The van der Waals surface area contributed by atoms with Crippen LogP contribution in [0.4, 0.5) is 0 Å². The van der Waals surface area contributed by atoms with E-state index in [-0.39, 0.29) is 0 Å². The van der Waals surface area contributed by atoms with Crippen LogP contribution in [0.2, 0.25) is 0 Å². The largest absolute Gasteiger partial charge is 0.478 e. The van der Waals surface area contributed by atoms with Crippen molar-refractivity contribution in [2.75, 3.05) is 0 Å². The van der Waals surface area contributed by atoms with Gasteiger partial charge in [-0.05, 0) is 48.6 Å². The molecule has 5 nitrogen and oxygen atoms in total. The van der Waals surface area contributed by atoms with Crippen LogP contribution in [0.25, 0.3) is 28.1 Å². The van der Waals surface area contributed by atoms with Crippen molar-refractivity contribution >= 4 is 17.1 Å². The van der Waals surface area contributed by atoms with Gasteiger partial charge in [-0.25, -0.2) is 9.78 Å². The predicted octanol–water partition coefficient (Wildman–Crippen LogP) is 5.44. The summed E-state index contributed by atoms with van der Waals surface area (Å²) in [6, 6.07) is 17.5. The summed E-state index contributed by atoms with van der Waals surface area (Å²) in [5.74, 6) is -0.546. The number of carboxylic acids is 1. The molecule has 0 atom stereocenters. The van der Waals surface area contributed by atoms with Crippen LogP contribution in [-0.2, 0) is 0 Å². The molecule has 1 saturated carbocycles. The van der Waals surface area contributed by atoms with E-state index in [1.807, 2.05) is 59.3 Å². The highest BCUT2D eigenvalue weighted by atomic mass is 16.4. The number of nitrogens with zero attached hydrogens (tertiary/aromatic N) is 3. The monoisotopic (exact) mass is 383 g/mol. The zero-order chi connectivity index (χ0) is 19.8. The second-order valence-corrected chi connectivity index (χ2v) is 7.57. The normalized spacial score (nSPS) is 14.5. The van der Waals surface area contributed by atoms with Gasteiger partial charge in [-0.3, -0.25) is 9.55 Å². The molecular formula is C24H21N3O2. The number of benzene rings is 2. The average molecular weight is 383 g/mol. The van der Waals surface area contributed by atoms with Crippen LogP contribution in [-0.4, -0.2) is 25.6 Å². The second kappa shape index (κ2) is 7.17. The molecule has 5 heteroatoms. The highest BCUT2D eigenvalue weighted by molar-refractivity contribution is 5.90. The van der Waals surface area contributed by atoms with Crippen LogP contribution < -0.4 is 0 Å². The third-order valence-corrected chi connectivity index (χ3v) is 5.80. The first kappa shape index (κ1) is 17.6. The molecule has 144 valence electrons. The van der Waals surface area contributed by atoms with E-state index in [0.717, 1.165) is 59.4 Å². The Morgan fingerprint density at radius 1 is 1.03 bits per heavy atom. The summed E-state index contributed by atoms with van der Waals surface area (Å²) < 4.78 is 2.00. The minimum absolute atomic E-state index is 0.314. The summed E-state index contributed by atoms with van der Waals surface area (Å²) >= 11 is 0. The van der Waals surface area contributed by atoms with E-state index in [1.165, 1.54) is 0 Å². The zero-order valence-electron chi connectivity index (χ0n) is 16.0. The summed E-state index contributed by atoms with van der Waals surface area (Å²) in [6.07, 6.45) is 8.16. The minimum atomic E-state index is -0.859. The number of aromatic carboxylic acids is 1. The Bertz CT molecular complexity index is 1190. The molecule has 29 heavy (non-hydrogen) atoms. The van der Waals surface area contributed by atoms with Gasteiger partial charge in [0, 0.05) is 17.4 Å². The lowest BCUT2D eigenvalue weighted by Gasteiger charge is -2.15. The Morgan fingerprint density at radius 2 is 1.83 bits per heavy atom. The highest BCUT2D eigenvalue weighted by Crippen LogP contribution is 2.37. The van der Waals surface area contributed by atoms with Gasteiger partial charge in [-0.1, -0.05) is 43.2 Å². The van der Waals surface area contributed by atoms with Gasteiger partial charge in [-0.15, -0.1) is 0 Å². The van der Waals surface area contributed by atoms with Crippen molar-refractivity contribution in [3.63, 3.8) is 0 Å². The number of fused-ring (bicyclic) bond motifs is 1. The maximum Gasteiger partial charge on any atom is 0.335 e. The second-order valence-electron chi connectivity index (χ2n) is 7.57. The lowest BCUT2D eigenvalue weighted by Crippen LogP contribution is -2.07. The molecule has 1 aliphatic carbocycles. The Hall–Kier alpha value is -3.47. The number of hydrogen-bond donors (Lipinski definition) is 1. The standard InChI is InChI=1S/C24H21N3O2/c28-24(29)19-11-10-18(14-20(19)16-6-4-5-7-16)27-13-12-21-23(27)26-22(15-25-21)17-8-2-1-3-9-17/h1-3,8-16H,4-7H2,(H,28,29). The van der Waals surface area contributed by atoms with Gasteiger partial charge < -0.3 is 5.11 Å². The molecule has 0 radical (unpaired) electrons. The molecule has 1 N–H and O–H groups in total. The molecule has 0 amide bonds. The Morgan fingerprint density at radius 3 is 2.59 bits per heavy atom. The maximum absolute atomic E-state index is 11.8. The van der Waals surface area contributed by atoms with Gasteiger partial charge in [0.05, 0.1) is 17.5 Å². The Balaban J connectivity index is 1.63. The van der Waals surface area contributed by atoms with E-state index < -0.39 is 5.97 Å². The van der Waals surface area contributed by atoms with Gasteiger partial charge in [0.1, 0.15) is 5.52 Å². The summed E-state index contributed by atoms with van der Waals surface area (Å²) in [6.45, 7) is 0. The number of carboxylic acid groups (broad SMARTS) is 1. The summed E-state index contributed by atoms with van der Waals surface area (Å²) in [4.78, 5) is 21.2. The molecule has 2 heterocycles. The van der Waals surface area contributed by atoms with Gasteiger partial charge in [-0.2, -0.15) is 0 Å². The van der Waals surface area contributed by atoms with Gasteiger partial charge in [0.2, 0.25) is 0 Å². The van der Waals surface area contributed by atoms with Crippen LogP contribution >= 0.6 is 0 Å². The SMILES string of the molecule is O=C(O)c1ccc(-n2ccc3ncc(-c4ccccc4)nc32)cc1C1CCCC1. The number of carbonyl (C=O) groups is 1. The fourth-order valence-corrected chi connectivity index (χ4v) is 4.32. The molecule has 0 saturated heterocycles. The van der Waals surface area contributed by atoms with Crippen molar-refractivity contribution in [3.8, 4) is 16.9 Å². The van der Waals surface area contributed by atoms with Crippen molar-refractivity contribution in [1.82, 2.24) is 14.5 Å². The van der Waals surface area contributed by atoms with Crippen LogP contribution in [0.15, 0.2) is 67.0 Å². The molecule has 0 spiro atoms. The van der Waals surface area contributed by atoms with Gasteiger partial charge in [0.25, 0.3) is 0 Å². The van der Waals surface area contributed by atoms with Crippen molar-refractivity contribution in [2.45, 2.75) is 31.6 Å². The molecule has 1 aliphatic rings. The van der Waals surface area contributed by atoms with Crippen molar-refractivity contribution < 1.29 is 9.90 Å². The third-order valence-electron chi connectivity index (χ3n) is 5.80. The quantitative estimate of drug-likeness (QED) is 0.509. The van der Waals surface area contributed by atoms with Crippen LogP contribution in [0.5, 0.6) is 0 Å². The van der Waals surface area contributed by atoms with E-state index in [4.69, 9.17) is 4.98 Å². The summed E-state index contributed by atoms with van der Waals surface area (Å²) in [7, 11) is 0. The highest BCUT2D eigenvalue weighted by Gasteiger charge is 2.23. The summed E-state index contributed by atoms with van der Waals surface area (Å²) in [5.41, 5.74) is 5.68. The summed E-state index contributed by atoms with van der Waals surface area (Å²) in [5, 5.41) is 9.65. The predicted molar refractivity (Wildman–Crippen MR) is 112 cm³/mol. The third kappa shape index (κ3) is 3.18. The van der Waals surface area contributed by atoms with Crippen molar-refractivity contribution in [2.24, 2.45) is 0 Å². The lowest BCUT2D eigenvalue weighted by molar-refractivity contribution is 0.0695. The van der Waals surface area contributed by atoms with E-state index in [9.17, 15) is 9.90 Å². The fraction of sp³-hybridized carbons (Fsp3) is 0.208. The first-order valence-corrected chi connectivity index (χ1v) is 9.98. The van der Waals surface area contributed by atoms with E-state index in [0.29, 0.717) is 11.5 Å². The first-order valence-electron chi connectivity index (χ1n) is 9.98. The molecule has 2 aromatic heterocycles. The molecule has 1 fully saturated rings. The van der Waals surface area contributed by atoms with Crippen LogP contribution in [0.3, 0.4) is 0 Å². The molecule has 5 rings (SSSR count). The Labute approximate surface area is 168 Å². The molecule has 2 aromatic carbocycles. The first-order chi connectivity index (χ1) is 14.2. The van der Waals surface area contributed by atoms with Gasteiger partial charge >= 0.3 is 5.97 Å². The van der Waals surface area contributed by atoms with Crippen LogP contribution in [0, 0.1) is 0 Å². The number of hydrogen-bond acceptors (Lipinski definition) is 3. The molecular weight excluding hydrogens is 362 g/mol. The number of aromatic nitrogens is 3. The number of rotatable bonds is 4. The van der Waals surface area contributed by atoms with E-state index in [1.54, 1.807) is 12.3 Å². The molecule has 4 aromatic rings. The topological polar surface area (TPSA) is 68.0 Å². The van der Waals surface area contributed by atoms with Crippen molar-refractivity contribution in [1.29, 1.82) is 0 Å². The molecule has 0 unspecified atom stereocenters. The minimum Gasteiger partial charge on any atom is -0.478 e. The van der Waals surface area contributed by atoms with Crippen LogP contribution in [0.1, 0.15) is 47.5 Å². The fourth-order valence-electron chi connectivity index (χ4n) is 4.32. The Kier molecular flexibility index (Phi) is 4.35. The zero-order valence-corrected chi connectivity index (χ0v) is 16.0. The van der Waals surface area contributed by atoms with E-state index in [2.05, 4.69) is 4.98 Å². The van der Waals surface area contributed by atoms with Gasteiger partial charge in [0.15, 0.2) is 5.65 Å². The molecule has 0 bridgehead atoms.